The zero-order valence-electron chi connectivity index (χ0n) is 9.42. The predicted molar refractivity (Wildman–Crippen MR) is 65.5 cm³/mol. The van der Waals surface area contributed by atoms with Crippen LogP contribution in [-0.4, -0.2) is 23.3 Å². The molecule has 1 aromatic heterocycles. The van der Waals surface area contributed by atoms with Crippen molar-refractivity contribution in [2.75, 3.05) is 13.1 Å². The maximum atomic E-state index is 4.56. The minimum absolute atomic E-state index is 0.701. The number of hydrogen-bond acceptors (Lipinski definition) is 3. The molecule has 0 amide bonds. The fourth-order valence-corrected chi connectivity index (χ4v) is 3.23. The quantitative estimate of drug-likeness (QED) is 0.832. The van der Waals surface area contributed by atoms with E-state index in [4.69, 9.17) is 0 Å². The number of pyridine rings is 1. The predicted octanol–water partition coefficient (Wildman–Crippen LogP) is 2.54. The highest BCUT2D eigenvalue weighted by Gasteiger charge is 2.14. The minimum atomic E-state index is 0.701. The minimum Gasteiger partial charge on any atom is -0.316 e. The molecule has 1 N–H and O–H groups in total. The Morgan fingerprint density at radius 3 is 2.93 bits per heavy atom. The summed E-state index contributed by atoms with van der Waals surface area (Å²) in [6.45, 7) is 6.50. The van der Waals surface area contributed by atoms with Crippen molar-refractivity contribution in [2.45, 2.75) is 37.0 Å². The highest BCUT2D eigenvalue weighted by atomic mass is 32.2. The largest absolute Gasteiger partial charge is 0.316 e. The Bertz CT molecular complexity index is 312. The maximum Gasteiger partial charge on any atom is 0.0968 e. The molecule has 0 spiro atoms. The van der Waals surface area contributed by atoms with Gasteiger partial charge in [0.25, 0.3) is 0 Å². The van der Waals surface area contributed by atoms with Crippen LogP contribution in [0.2, 0.25) is 0 Å². The molecule has 1 aliphatic heterocycles. The van der Waals surface area contributed by atoms with Crippen LogP contribution >= 0.6 is 11.8 Å². The summed E-state index contributed by atoms with van der Waals surface area (Å²) in [5.41, 5.74) is 2.44. The summed E-state index contributed by atoms with van der Waals surface area (Å²) in [6, 6.07) is 4.31. The average Bonchev–Trinajstić information content (AvgIpc) is 2.17. The van der Waals surface area contributed by atoms with E-state index in [1.165, 1.54) is 30.0 Å². The lowest BCUT2D eigenvalue weighted by Gasteiger charge is -2.21. The number of aryl methyl sites for hydroxylation is 2. The number of hydrogen-bond donors (Lipinski definition) is 1. The molecule has 0 saturated carbocycles. The molecule has 1 aromatic rings. The van der Waals surface area contributed by atoms with Crippen molar-refractivity contribution in [1.29, 1.82) is 0 Å². The Balaban J connectivity index is 2.02. The van der Waals surface area contributed by atoms with Gasteiger partial charge in [-0.05, 0) is 50.9 Å². The van der Waals surface area contributed by atoms with Crippen LogP contribution in [-0.2, 0) is 0 Å². The smallest absolute Gasteiger partial charge is 0.0968 e. The van der Waals surface area contributed by atoms with Gasteiger partial charge in [-0.1, -0.05) is 0 Å². The molecule has 0 aromatic carbocycles. The summed E-state index contributed by atoms with van der Waals surface area (Å²) in [7, 11) is 0. The van der Waals surface area contributed by atoms with Crippen molar-refractivity contribution in [3.05, 3.63) is 23.4 Å². The van der Waals surface area contributed by atoms with Crippen LogP contribution in [0.15, 0.2) is 17.2 Å². The van der Waals surface area contributed by atoms with Crippen molar-refractivity contribution in [3.8, 4) is 0 Å². The third-order valence-electron chi connectivity index (χ3n) is 2.61. The highest BCUT2D eigenvalue weighted by molar-refractivity contribution is 7.99. The molecule has 15 heavy (non-hydrogen) atoms. The molecule has 2 heterocycles. The zero-order valence-corrected chi connectivity index (χ0v) is 10.2. The van der Waals surface area contributed by atoms with Gasteiger partial charge in [0.05, 0.1) is 5.03 Å². The molecule has 2 rings (SSSR count). The topological polar surface area (TPSA) is 24.9 Å². The summed E-state index contributed by atoms with van der Waals surface area (Å²) in [5.74, 6) is 0. The number of nitrogens with zero attached hydrogens (tertiary/aromatic N) is 1. The Labute approximate surface area is 95.9 Å². The lowest BCUT2D eigenvalue weighted by Crippen LogP contribution is -2.31. The molecule has 1 saturated heterocycles. The number of piperidine rings is 1. The Hall–Kier alpha value is -0.540. The van der Waals surface area contributed by atoms with Crippen LogP contribution in [0.4, 0.5) is 0 Å². The monoisotopic (exact) mass is 222 g/mol. The molecule has 82 valence electrons. The van der Waals surface area contributed by atoms with Gasteiger partial charge in [-0.2, -0.15) is 0 Å². The van der Waals surface area contributed by atoms with E-state index in [2.05, 4.69) is 36.3 Å². The Morgan fingerprint density at radius 1 is 1.40 bits per heavy atom. The van der Waals surface area contributed by atoms with Gasteiger partial charge >= 0.3 is 0 Å². The summed E-state index contributed by atoms with van der Waals surface area (Å²) >= 11 is 1.92. The molecular formula is C12H18N2S. The van der Waals surface area contributed by atoms with E-state index < -0.39 is 0 Å². The van der Waals surface area contributed by atoms with Crippen LogP contribution in [0, 0.1) is 13.8 Å². The van der Waals surface area contributed by atoms with E-state index in [9.17, 15) is 0 Å². The number of nitrogens with one attached hydrogen (secondary N) is 1. The number of thioether (sulfide) groups is 1. The summed E-state index contributed by atoms with van der Waals surface area (Å²) in [6.07, 6.45) is 2.61. The average molecular weight is 222 g/mol. The lowest BCUT2D eigenvalue weighted by molar-refractivity contribution is 0.531. The van der Waals surface area contributed by atoms with E-state index >= 15 is 0 Å². The number of aromatic nitrogens is 1. The van der Waals surface area contributed by atoms with Gasteiger partial charge in [-0.3, -0.25) is 0 Å². The summed E-state index contributed by atoms with van der Waals surface area (Å²) in [5, 5.41) is 5.32. The zero-order chi connectivity index (χ0) is 10.7. The van der Waals surface area contributed by atoms with E-state index in [0.29, 0.717) is 5.25 Å². The maximum absolute atomic E-state index is 4.56. The summed E-state index contributed by atoms with van der Waals surface area (Å²) < 4.78 is 0. The second-order valence-corrected chi connectivity index (χ2v) is 5.53. The molecule has 3 heteroatoms. The van der Waals surface area contributed by atoms with Crippen molar-refractivity contribution in [2.24, 2.45) is 0 Å². The van der Waals surface area contributed by atoms with Gasteiger partial charge in [0.2, 0.25) is 0 Å². The molecule has 1 fully saturated rings. The molecule has 1 aliphatic rings. The van der Waals surface area contributed by atoms with E-state index in [0.717, 1.165) is 12.2 Å². The first kappa shape index (κ1) is 11.0. The fourth-order valence-electron chi connectivity index (χ4n) is 1.96. The van der Waals surface area contributed by atoms with E-state index in [1.54, 1.807) is 0 Å². The Kier molecular flexibility index (Phi) is 3.65. The van der Waals surface area contributed by atoms with E-state index in [-0.39, 0.29) is 0 Å². The standard InChI is InChI=1S/C12H18N2S/c1-9-6-10(2)14-12(7-9)15-11-4-3-5-13-8-11/h6-7,11,13H,3-5,8H2,1-2H3. The second kappa shape index (κ2) is 4.99. The van der Waals surface area contributed by atoms with Crippen LogP contribution in [0.1, 0.15) is 24.1 Å². The lowest BCUT2D eigenvalue weighted by atomic mass is 10.2. The fraction of sp³-hybridized carbons (Fsp3) is 0.583. The van der Waals surface area contributed by atoms with Gasteiger partial charge in [0, 0.05) is 17.5 Å². The van der Waals surface area contributed by atoms with Gasteiger partial charge in [-0.15, -0.1) is 11.8 Å². The van der Waals surface area contributed by atoms with Gasteiger partial charge in [-0.25, -0.2) is 4.98 Å². The van der Waals surface area contributed by atoms with Crippen LogP contribution in [0.25, 0.3) is 0 Å². The first-order chi connectivity index (χ1) is 7.24. The van der Waals surface area contributed by atoms with Crippen molar-refractivity contribution in [3.63, 3.8) is 0 Å². The molecule has 1 atom stereocenters. The van der Waals surface area contributed by atoms with Crippen LogP contribution in [0.3, 0.4) is 0 Å². The molecule has 0 bridgehead atoms. The van der Waals surface area contributed by atoms with Crippen molar-refractivity contribution < 1.29 is 0 Å². The molecule has 0 radical (unpaired) electrons. The molecule has 1 unspecified atom stereocenters. The summed E-state index contributed by atoms with van der Waals surface area (Å²) in [4.78, 5) is 4.56. The van der Waals surface area contributed by atoms with Crippen molar-refractivity contribution in [1.82, 2.24) is 10.3 Å². The number of rotatable bonds is 2. The third-order valence-corrected chi connectivity index (χ3v) is 3.80. The third kappa shape index (κ3) is 3.21. The molecular weight excluding hydrogens is 204 g/mol. The normalized spacial score (nSPS) is 21.6. The van der Waals surface area contributed by atoms with Crippen molar-refractivity contribution >= 4 is 11.8 Å². The second-order valence-electron chi connectivity index (χ2n) is 4.21. The first-order valence-electron chi connectivity index (χ1n) is 5.57. The van der Waals surface area contributed by atoms with Crippen LogP contribution < -0.4 is 5.32 Å². The van der Waals surface area contributed by atoms with Crippen LogP contribution in [0.5, 0.6) is 0 Å². The molecule has 0 aliphatic carbocycles. The van der Waals surface area contributed by atoms with Gasteiger partial charge in [0.1, 0.15) is 0 Å². The Morgan fingerprint density at radius 2 is 2.27 bits per heavy atom. The van der Waals surface area contributed by atoms with Gasteiger partial charge in [0.15, 0.2) is 0 Å². The van der Waals surface area contributed by atoms with Gasteiger partial charge < -0.3 is 5.32 Å². The molecule has 2 nitrogen and oxygen atoms in total. The first-order valence-corrected chi connectivity index (χ1v) is 6.44. The SMILES string of the molecule is Cc1cc(C)nc(SC2CCCNC2)c1. The highest BCUT2D eigenvalue weighted by Crippen LogP contribution is 2.26. The van der Waals surface area contributed by atoms with E-state index in [1.807, 2.05) is 11.8 Å².